The van der Waals surface area contributed by atoms with Crippen LogP contribution in [-0.4, -0.2) is 29.3 Å². The lowest BCUT2D eigenvalue weighted by Gasteiger charge is -2.07. The Balaban J connectivity index is 2.12. The monoisotopic (exact) mass is 313 g/mol. The molecule has 1 aromatic rings. The molecule has 0 aliphatic rings. The Hall–Kier alpha value is -1.56. The van der Waals surface area contributed by atoms with Crippen molar-refractivity contribution in [3.05, 3.63) is 30.1 Å². The zero-order valence-electron chi connectivity index (χ0n) is 12.0. The summed E-state index contributed by atoms with van der Waals surface area (Å²) in [6, 6.07) is 6.47. The first-order valence-electron chi connectivity index (χ1n) is 6.87. The first-order chi connectivity index (χ1) is 10.0. The van der Waals surface area contributed by atoms with E-state index in [1.54, 1.807) is 25.1 Å². The summed E-state index contributed by atoms with van der Waals surface area (Å²) >= 11 is 1.31. The zero-order chi connectivity index (χ0) is 15.7. The van der Waals surface area contributed by atoms with Gasteiger partial charge in [0.2, 0.25) is 5.91 Å². The Morgan fingerprint density at radius 2 is 2.10 bits per heavy atom. The van der Waals surface area contributed by atoms with Gasteiger partial charge in [0.25, 0.3) is 0 Å². The molecule has 6 heteroatoms. The summed E-state index contributed by atoms with van der Waals surface area (Å²) in [6.45, 7) is 2.12. The van der Waals surface area contributed by atoms with Gasteiger partial charge in [0.05, 0.1) is 5.92 Å². The summed E-state index contributed by atoms with van der Waals surface area (Å²) in [5.41, 5.74) is 0. The first-order valence-corrected chi connectivity index (χ1v) is 7.86. The molecule has 2 N–H and O–H groups in total. The van der Waals surface area contributed by atoms with Crippen molar-refractivity contribution >= 4 is 23.6 Å². The number of thioether (sulfide) groups is 1. The topological polar surface area (TPSA) is 66.4 Å². The fourth-order valence-electron chi connectivity index (χ4n) is 1.66. The second-order valence-electron chi connectivity index (χ2n) is 4.76. The van der Waals surface area contributed by atoms with Crippen molar-refractivity contribution < 1.29 is 19.1 Å². The lowest BCUT2D eigenvalue weighted by Crippen LogP contribution is -2.25. The molecule has 1 amide bonds. The zero-order valence-corrected chi connectivity index (χ0v) is 12.8. The third-order valence-corrected chi connectivity index (χ3v) is 4.03. The van der Waals surface area contributed by atoms with Crippen LogP contribution in [0.5, 0.6) is 0 Å². The van der Waals surface area contributed by atoms with E-state index in [2.05, 4.69) is 5.32 Å². The number of hydrogen-bond donors (Lipinski definition) is 2. The smallest absolute Gasteiger partial charge is 0.306 e. The van der Waals surface area contributed by atoms with Crippen LogP contribution in [0.1, 0.15) is 26.2 Å². The molecule has 116 valence electrons. The van der Waals surface area contributed by atoms with Crippen LogP contribution in [0.2, 0.25) is 0 Å². The first kappa shape index (κ1) is 17.5. The van der Waals surface area contributed by atoms with Gasteiger partial charge in [-0.15, -0.1) is 11.8 Å². The van der Waals surface area contributed by atoms with Gasteiger partial charge in [-0.05, 0) is 25.0 Å². The number of carboxylic acid groups (broad SMARTS) is 1. The van der Waals surface area contributed by atoms with E-state index in [0.717, 1.165) is 0 Å². The molecule has 0 fully saturated rings. The summed E-state index contributed by atoms with van der Waals surface area (Å²) < 4.78 is 13.3. The minimum Gasteiger partial charge on any atom is -0.481 e. The van der Waals surface area contributed by atoms with Crippen molar-refractivity contribution in [1.29, 1.82) is 0 Å². The molecule has 0 aliphatic heterocycles. The molecule has 1 atom stereocenters. The minimum absolute atomic E-state index is 0.0955. The lowest BCUT2D eigenvalue weighted by molar-refractivity contribution is -0.141. The second kappa shape index (κ2) is 9.39. The predicted molar refractivity (Wildman–Crippen MR) is 80.8 cm³/mol. The van der Waals surface area contributed by atoms with Crippen LogP contribution < -0.4 is 5.32 Å². The summed E-state index contributed by atoms with van der Waals surface area (Å²) in [7, 11) is 0. The fraction of sp³-hybridized carbons (Fsp3) is 0.467. The highest BCUT2D eigenvalue weighted by molar-refractivity contribution is 7.99. The molecular formula is C15H20FNO3S. The molecule has 1 rings (SSSR count). The molecule has 0 aromatic heterocycles. The van der Waals surface area contributed by atoms with Crippen molar-refractivity contribution in [3.8, 4) is 0 Å². The average molecular weight is 313 g/mol. The summed E-state index contributed by atoms with van der Waals surface area (Å²) in [5, 5.41) is 11.5. The number of hydrogen-bond acceptors (Lipinski definition) is 3. The lowest BCUT2D eigenvalue weighted by atomic mass is 10.1. The predicted octanol–water partition coefficient (Wildman–Crippen LogP) is 2.93. The van der Waals surface area contributed by atoms with E-state index < -0.39 is 11.9 Å². The van der Waals surface area contributed by atoms with Crippen LogP contribution in [-0.2, 0) is 9.59 Å². The molecule has 0 spiro atoms. The number of carboxylic acids is 1. The van der Waals surface area contributed by atoms with E-state index in [0.29, 0.717) is 36.5 Å². The number of nitrogens with one attached hydrogen (secondary N) is 1. The van der Waals surface area contributed by atoms with E-state index >= 15 is 0 Å². The fourth-order valence-corrected chi connectivity index (χ4v) is 2.55. The highest BCUT2D eigenvalue weighted by Crippen LogP contribution is 2.21. The number of amides is 1. The standard InChI is InChI=1S/C15H20FNO3S/c1-11(15(19)20)5-4-9-17-14(18)8-10-21-13-7-3-2-6-12(13)16/h2-3,6-7,11H,4-5,8-10H2,1H3,(H,17,18)(H,19,20). The van der Waals surface area contributed by atoms with Crippen LogP contribution in [0.3, 0.4) is 0 Å². The number of carbonyl (C=O) groups is 2. The molecule has 0 saturated carbocycles. The maximum Gasteiger partial charge on any atom is 0.306 e. The van der Waals surface area contributed by atoms with Crippen molar-refractivity contribution in [3.63, 3.8) is 0 Å². The molecule has 1 aromatic carbocycles. The van der Waals surface area contributed by atoms with Gasteiger partial charge in [-0.2, -0.15) is 0 Å². The Bertz CT molecular complexity index is 482. The van der Waals surface area contributed by atoms with Crippen LogP contribution in [0.25, 0.3) is 0 Å². The summed E-state index contributed by atoms with van der Waals surface area (Å²) in [5.74, 6) is -1.06. The Morgan fingerprint density at radius 1 is 1.38 bits per heavy atom. The molecule has 0 bridgehead atoms. The molecule has 0 aliphatic carbocycles. The molecule has 1 unspecified atom stereocenters. The van der Waals surface area contributed by atoms with Crippen molar-refractivity contribution in [2.24, 2.45) is 5.92 Å². The van der Waals surface area contributed by atoms with Gasteiger partial charge >= 0.3 is 5.97 Å². The van der Waals surface area contributed by atoms with Gasteiger partial charge in [0.1, 0.15) is 5.82 Å². The number of carbonyl (C=O) groups excluding carboxylic acids is 1. The Kier molecular flexibility index (Phi) is 7.82. The van der Waals surface area contributed by atoms with Crippen LogP contribution >= 0.6 is 11.8 Å². The summed E-state index contributed by atoms with van der Waals surface area (Å²) in [4.78, 5) is 22.7. The van der Waals surface area contributed by atoms with Gasteiger partial charge in [0.15, 0.2) is 0 Å². The quantitative estimate of drug-likeness (QED) is 0.543. The van der Waals surface area contributed by atoms with Crippen LogP contribution in [0, 0.1) is 11.7 Å². The van der Waals surface area contributed by atoms with E-state index in [1.807, 2.05) is 0 Å². The van der Waals surface area contributed by atoms with Crippen molar-refractivity contribution in [1.82, 2.24) is 5.32 Å². The van der Waals surface area contributed by atoms with Crippen LogP contribution in [0.4, 0.5) is 4.39 Å². The van der Waals surface area contributed by atoms with E-state index in [4.69, 9.17) is 5.11 Å². The SMILES string of the molecule is CC(CCCNC(=O)CCSc1ccccc1F)C(=O)O. The second-order valence-corrected chi connectivity index (χ2v) is 5.90. The van der Waals surface area contributed by atoms with Gasteiger partial charge in [0, 0.05) is 23.6 Å². The number of halogens is 1. The highest BCUT2D eigenvalue weighted by Gasteiger charge is 2.10. The van der Waals surface area contributed by atoms with Crippen molar-refractivity contribution in [2.45, 2.75) is 31.1 Å². The van der Waals surface area contributed by atoms with E-state index in [9.17, 15) is 14.0 Å². The number of aliphatic carboxylic acids is 1. The molecule has 4 nitrogen and oxygen atoms in total. The maximum atomic E-state index is 13.3. The van der Waals surface area contributed by atoms with Crippen LogP contribution in [0.15, 0.2) is 29.2 Å². The van der Waals surface area contributed by atoms with E-state index in [1.165, 1.54) is 17.8 Å². The molecule has 21 heavy (non-hydrogen) atoms. The third kappa shape index (κ3) is 7.13. The van der Waals surface area contributed by atoms with Gasteiger partial charge in [-0.3, -0.25) is 9.59 Å². The molecular weight excluding hydrogens is 293 g/mol. The largest absolute Gasteiger partial charge is 0.481 e. The molecule has 0 saturated heterocycles. The summed E-state index contributed by atoms with van der Waals surface area (Å²) in [6.07, 6.45) is 1.49. The maximum absolute atomic E-state index is 13.3. The van der Waals surface area contributed by atoms with E-state index in [-0.39, 0.29) is 11.7 Å². The Morgan fingerprint density at radius 3 is 2.76 bits per heavy atom. The highest BCUT2D eigenvalue weighted by atomic mass is 32.2. The van der Waals surface area contributed by atoms with Gasteiger partial charge < -0.3 is 10.4 Å². The molecule has 0 radical (unpaired) electrons. The Labute approximate surface area is 128 Å². The third-order valence-electron chi connectivity index (χ3n) is 2.98. The van der Waals surface area contributed by atoms with Crippen molar-refractivity contribution in [2.75, 3.05) is 12.3 Å². The molecule has 0 heterocycles. The average Bonchev–Trinajstić information content (AvgIpc) is 2.45. The number of benzene rings is 1. The van der Waals surface area contributed by atoms with Gasteiger partial charge in [-0.25, -0.2) is 4.39 Å². The minimum atomic E-state index is -0.817. The normalized spacial score (nSPS) is 11.9. The van der Waals surface area contributed by atoms with Gasteiger partial charge in [-0.1, -0.05) is 19.1 Å². The number of rotatable bonds is 9.